The minimum Gasteiger partial charge on any atom is -0.481 e. The van der Waals surface area contributed by atoms with Crippen LogP contribution in [0.15, 0.2) is 33.5 Å². The van der Waals surface area contributed by atoms with Crippen LogP contribution in [0.5, 0.6) is 0 Å². The Labute approximate surface area is 140 Å². The van der Waals surface area contributed by atoms with E-state index < -0.39 is 11.9 Å². The number of nitrogens with one attached hydrogen (secondary N) is 1. The average molecular weight is 379 g/mol. The first kappa shape index (κ1) is 15.7. The van der Waals surface area contributed by atoms with E-state index in [9.17, 15) is 14.4 Å². The molecule has 1 aliphatic heterocycles. The van der Waals surface area contributed by atoms with Gasteiger partial charge in [0.25, 0.3) is 5.91 Å². The van der Waals surface area contributed by atoms with Crippen molar-refractivity contribution in [3.8, 4) is 0 Å². The predicted molar refractivity (Wildman–Crippen MR) is 88.5 cm³/mol. The predicted octanol–water partition coefficient (Wildman–Crippen LogP) is 2.23. The fraction of sp³-hybridized carbons (Fsp3) is 0.312. The van der Waals surface area contributed by atoms with Crippen molar-refractivity contribution in [2.45, 2.75) is 12.8 Å². The van der Waals surface area contributed by atoms with Crippen molar-refractivity contribution >= 4 is 38.7 Å². The van der Waals surface area contributed by atoms with Crippen LogP contribution < -0.4 is 5.43 Å². The van der Waals surface area contributed by atoms with E-state index in [0.29, 0.717) is 30.3 Å². The summed E-state index contributed by atoms with van der Waals surface area (Å²) < 4.78 is 0.787. The van der Waals surface area contributed by atoms with E-state index in [2.05, 4.69) is 20.9 Å². The Bertz CT molecular complexity index is 846. The van der Waals surface area contributed by atoms with Crippen LogP contribution in [-0.4, -0.2) is 40.0 Å². The van der Waals surface area contributed by atoms with Gasteiger partial charge in [-0.15, -0.1) is 0 Å². The normalized spacial score (nSPS) is 18.1. The zero-order valence-corrected chi connectivity index (χ0v) is 13.8. The molecule has 1 saturated heterocycles. The molecule has 6 nitrogen and oxygen atoms in total. The third kappa shape index (κ3) is 3.14. The molecule has 7 heteroatoms. The summed E-state index contributed by atoms with van der Waals surface area (Å²) in [6.07, 6.45) is 1.22. The summed E-state index contributed by atoms with van der Waals surface area (Å²) in [5.41, 5.74) is 0.530. The Morgan fingerprint density at radius 1 is 1.30 bits per heavy atom. The molecule has 2 aromatic rings. The Balaban J connectivity index is 1.93. The van der Waals surface area contributed by atoms with Crippen molar-refractivity contribution < 1.29 is 14.7 Å². The number of hydrogen-bond acceptors (Lipinski definition) is 3. The largest absolute Gasteiger partial charge is 0.481 e. The van der Waals surface area contributed by atoms with Gasteiger partial charge in [0, 0.05) is 34.5 Å². The maximum Gasteiger partial charge on any atom is 0.308 e. The van der Waals surface area contributed by atoms with E-state index >= 15 is 0 Å². The van der Waals surface area contributed by atoms with Gasteiger partial charge >= 0.3 is 5.97 Å². The molecule has 23 heavy (non-hydrogen) atoms. The molecule has 1 aliphatic rings. The van der Waals surface area contributed by atoms with Gasteiger partial charge in [-0.3, -0.25) is 14.4 Å². The quantitative estimate of drug-likeness (QED) is 0.837. The number of carboxylic acids is 1. The zero-order chi connectivity index (χ0) is 16.6. The third-order valence-electron chi connectivity index (χ3n) is 4.08. The molecule has 2 N–H and O–H groups in total. The molecule has 0 spiro atoms. The molecule has 0 bridgehead atoms. The summed E-state index contributed by atoms with van der Waals surface area (Å²) in [4.78, 5) is 40.4. The fourth-order valence-corrected chi connectivity index (χ4v) is 3.23. The molecule has 1 amide bonds. The Morgan fingerprint density at radius 2 is 2.09 bits per heavy atom. The first-order valence-corrected chi connectivity index (χ1v) is 8.09. The van der Waals surface area contributed by atoms with Crippen LogP contribution in [0.2, 0.25) is 0 Å². The molecule has 1 aromatic carbocycles. The second-order valence-electron chi connectivity index (χ2n) is 5.67. The van der Waals surface area contributed by atoms with Crippen LogP contribution in [-0.2, 0) is 4.79 Å². The van der Waals surface area contributed by atoms with Crippen molar-refractivity contribution in [3.05, 3.63) is 44.7 Å². The molecule has 0 unspecified atom stereocenters. The van der Waals surface area contributed by atoms with Gasteiger partial charge in [-0.1, -0.05) is 15.9 Å². The molecule has 0 radical (unpaired) electrons. The van der Waals surface area contributed by atoms with Crippen molar-refractivity contribution in [2.24, 2.45) is 5.92 Å². The van der Waals surface area contributed by atoms with Crippen LogP contribution in [0.1, 0.15) is 23.3 Å². The minimum absolute atomic E-state index is 0.175. The van der Waals surface area contributed by atoms with E-state index in [4.69, 9.17) is 5.11 Å². The number of amides is 1. The number of aromatic nitrogens is 1. The minimum atomic E-state index is -0.889. The maximum atomic E-state index is 12.6. The van der Waals surface area contributed by atoms with E-state index in [-0.39, 0.29) is 23.6 Å². The second kappa shape index (κ2) is 6.16. The lowest BCUT2D eigenvalue weighted by atomic mass is 9.98. The molecule has 120 valence electrons. The lowest BCUT2D eigenvalue weighted by Crippen LogP contribution is -2.42. The van der Waals surface area contributed by atoms with Gasteiger partial charge in [-0.2, -0.15) is 0 Å². The third-order valence-corrected chi connectivity index (χ3v) is 4.57. The highest BCUT2D eigenvalue weighted by Gasteiger charge is 2.29. The first-order valence-electron chi connectivity index (χ1n) is 7.30. The number of aromatic amines is 1. The van der Waals surface area contributed by atoms with Crippen LogP contribution in [0.25, 0.3) is 10.9 Å². The maximum absolute atomic E-state index is 12.6. The number of piperidine rings is 1. The van der Waals surface area contributed by atoms with E-state index in [1.165, 1.54) is 11.0 Å². The first-order chi connectivity index (χ1) is 11.0. The van der Waals surface area contributed by atoms with Gasteiger partial charge in [-0.25, -0.2) is 0 Å². The van der Waals surface area contributed by atoms with Crippen molar-refractivity contribution in [3.63, 3.8) is 0 Å². The van der Waals surface area contributed by atoms with Crippen molar-refractivity contribution in [2.75, 3.05) is 13.1 Å². The lowest BCUT2D eigenvalue weighted by molar-refractivity contribution is -0.143. The highest BCUT2D eigenvalue weighted by atomic mass is 79.9. The van der Waals surface area contributed by atoms with Gasteiger partial charge in [0.05, 0.1) is 5.92 Å². The van der Waals surface area contributed by atoms with Crippen LogP contribution in [0.3, 0.4) is 0 Å². The Kier molecular flexibility index (Phi) is 4.21. The number of aliphatic carboxylic acids is 1. The monoisotopic (exact) mass is 378 g/mol. The summed E-state index contributed by atoms with van der Waals surface area (Å²) in [6.45, 7) is 0.678. The number of rotatable bonds is 2. The number of carbonyl (C=O) groups is 2. The number of carbonyl (C=O) groups excluding carboxylic acids is 1. The van der Waals surface area contributed by atoms with E-state index in [1.807, 2.05) is 0 Å². The van der Waals surface area contributed by atoms with Crippen LogP contribution >= 0.6 is 15.9 Å². The van der Waals surface area contributed by atoms with Crippen molar-refractivity contribution in [1.82, 2.24) is 9.88 Å². The van der Waals surface area contributed by atoms with Crippen LogP contribution in [0.4, 0.5) is 0 Å². The topological polar surface area (TPSA) is 90.5 Å². The van der Waals surface area contributed by atoms with E-state index in [1.54, 1.807) is 18.2 Å². The number of H-pyrrole nitrogens is 1. The Morgan fingerprint density at radius 3 is 2.83 bits per heavy atom. The summed E-state index contributed by atoms with van der Waals surface area (Å²) in [5, 5.41) is 9.62. The van der Waals surface area contributed by atoms with Gasteiger partial charge < -0.3 is 15.0 Å². The molecular formula is C16H15BrN2O4. The average Bonchev–Trinajstić information content (AvgIpc) is 2.54. The number of benzene rings is 1. The SMILES string of the molecule is O=C(O)[C@@H]1CCCN(C(=O)c2cc(=O)c3cc(Br)ccc3[nH]2)C1. The number of hydrogen-bond donors (Lipinski definition) is 2. The molecule has 1 aromatic heterocycles. The van der Waals surface area contributed by atoms with Gasteiger partial charge in [0.15, 0.2) is 5.43 Å². The zero-order valence-electron chi connectivity index (χ0n) is 12.2. The fourth-order valence-electron chi connectivity index (χ4n) is 2.87. The van der Waals surface area contributed by atoms with Gasteiger partial charge in [0.2, 0.25) is 0 Å². The van der Waals surface area contributed by atoms with Gasteiger partial charge in [0.1, 0.15) is 5.69 Å². The molecule has 1 fully saturated rings. The summed E-state index contributed by atoms with van der Waals surface area (Å²) in [6, 6.07) is 6.49. The number of nitrogens with zero attached hydrogens (tertiary/aromatic N) is 1. The van der Waals surface area contributed by atoms with Crippen molar-refractivity contribution in [1.29, 1.82) is 0 Å². The number of pyridine rings is 1. The number of halogens is 1. The molecule has 1 atom stereocenters. The summed E-state index contributed by atoms with van der Waals surface area (Å²) >= 11 is 3.31. The van der Waals surface area contributed by atoms with Gasteiger partial charge in [-0.05, 0) is 31.0 Å². The molecule has 0 saturated carbocycles. The lowest BCUT2D eigenvalue weighted by Gasteiger charge is -2.30. The highest BCUT2D eigenvalue weighted by Crippen LogP contribution is 2.20. The highest BCUT2D eigenvalue weighted by molar-refractivity contribution is 9.10. The van der Waals surface area contributed by atoms with E-state index in [0.717, 1.165) is 4.47 Å². The smallest absolute Gasteiger partial charge is 0.308 e. The molecule has 3 rings (SSSR count). The second-order valence-corrected chi connectivity index (χ2v) is 6.58. The standard InChI is InChI=1S/C16H15BrN2O4/c17-10-3-4-12-11(6-10)14(20)7-13(18-12)15(21)19-5-1-2-9(8-19)16(22)23/h3-4,6-7,9H,1-2,5,8H2,(H,18,20)(H,22,23)/t9-/m1/s1. The summed E-state index contributed by atoms with van der Waals surface area (Å²) in [7, 11) is 0. The molecular weight excluding hydrogens is 364 g/mol. The number of fused-ring (bicyclic) bond motifs is 1. The molecule has 2 heterocycles. The molecule has 0 aliphatic carbocycles. The number of carboxylic acid groups (broad SMARTS) is 1. The van der Waals surface area contributed by atoms with Crippen LogP contribution in [0, 0.1) is 5.92 Å². The number of likely N-dealkylation sites (tertiary alicyclic amines) is 1. The Hall–Kier alpha value is -2.15. The summed E-state index contributed by atoms with van der Waals surface area (Å²) in [5.74, 6) is -1.77.